The van der Waals surface area contributed by atoms with Crippen molar-refractivity contribution in [1.29, 1.82) is 5.26 Å². The minimum Gasteiger partial charge on any atom is -0.303 e. The molecule has 2 nitrogen and oxygen atoms in total. The molecule has 0 amide bonds. The zero-order chi connectivity index (χ0) is 14.7. The Hall–Kier alpha value is -1.85. The van der Waals surface area contributed by atoms with Crippen LogP contribution in [0.1, 0.15) is 31.7 Å². The van der Waals surface area contributed by atoms with Crippen molar-refractivity contribution in [3.05, 3.63) is 48.0 Å². The van der Waals surface area contributed by atoms with Gasteiger partial charge in [-0.15, -0.1) is 0 Å². The van der Waals surface area contributed by atoms with E-state index in [1.165, 1.54) is 42.3 Å². The highest BCUT2D eigenvalue weighted by atomic mass is 15.1. The summed E-state index contributed by atoms with van der Waals surface area (Å²) < 4.78 is 0. The normalized spacial score (nSPS) is 18.5. The topological polar surface area (TPSA) is 27.0 Å². The van der Waals surface area contributed by atoms with E-state index in [-0.39, 0.29) is 0 Å². The monoisotopic (exact) mass is 278 g/mol. The van der Waals surface area contributed by atoms with Crippen molar-refractivity contribution < 1.29 is 0 Å². The maximum Gasteiger partial charge on any atom is 0.0812 e. The molecule has 0 aromatic heterocycles. The third-order valence-corrected chi connectivity index (χ3v) is 4.76. The number of hydrogen-bond donors (Lipinski definition) is 0. The highest BCUT2D eigenvalue weighted by molar-refractivity contribution is 5.87. The van der Waals surface area contributed by atoms with Crippen LogP contribution in [0, 0.1) is 11.3 Å². The number of hydrogen-bond acceptors (Lipinski definition) is 2. The number of fused-ring (bicyclic) bond motifs is 1. The highest BCUT2D eigenvalue weighted by Crippen LogP contribution is 2.33. The molecule has 0 spiro atoms. The summed E-state index contributed by atoms with van der Waals surface area (Å²) >= 11 is 0. The summed E-state index contributed by atoms with van der Waals surface area (Å²) in [7, 11) is 0. The van der Waals surface area contributed by atoms with Crippen molar-refractivity contribution in [3.8, 4) is 6.07 Å². The number of benzene rings is 2. The molecule has 3 rings (SSSR count). The van der Waals surface area contributed by atoms with Crippen LogP contribution in [0.3, 0.4) is 0 Å². The standard InChI is InChI=1S/C19H22N2/c1-19(15-20,11-14-21-12-4-5-13-21)18-10-6-8-16-7-2-3-9-17(16)18/h2-3,6-10H,4-5,11-14H2,1H3/t19-/m1/s1. The number of nitrogens with zero attached hydrogens (tertiary/aromatic N) is 2. The molecule has 1 heterocycles. The second-order valence-electron chi connectivity index (χ2n) is 6.27. The fraction of sp³-hybridized carbons (Fsp3) is 0.421. The lowest BCUT2D eigenvalue weighted by Crippen LogP contribution is -2.29. The lowest BCUT2D eigenvalue weighted by Gasteiger charge is -2.26. The van der Waals surface area contributed by atoms with Crippen LogP contribution < -0.4 is 0 Å². The number of likely N-dealkylation sites (tertiary alicyclic amines) is 1. The molecule has 1 aliphatic heterocycles. The van der Waals surface area contributed by atoms with Gasteiger partial charge in [0.1, 0.15) is 0 Å². The zero-order valence-corrected chi connectivity index (χ0v) is 12.7. The SMILES string of the molecule is C[C@](C#N)(CCN1CCCC1)c1cccc2ccccc12. The maximum absolute atomic E-state index is 9.80. The average molecular weight is 278 g/mol. The number of rotatable bonds is 4. The smallest absolute Gasteiger partial charge is 0.0812 e. The van der Waals surface area contributed by atoms with E-state index in [0.717, 1.165) is 13.0 Å². The van der Waals surface area contributed by atoms with E-state index in [0.29, 0.717) is 0 Å². The first-order chi connectivity index (χ1) is 10.2. The van der Waals surface area contributed by atoms with Crippen molar-refractivity contribution in [2.24, 2.45) is 0 Å². The zero-order valence-electron chi connectivity index (χ0n) is 12.7. The molecule has 108 valence electrons. The molecule has 0 radical (unpaired) electrons. The van der Waals surface area contributed by atoms with E-state index in [1.54, 1.807) is 0 Å². The van der Waals surface area contributed by atoms with Crippen LogP contribution in [-0.4, -0.2) is 24.5 Å². The second-order valence-corrected chi connectivity index (χ2v) is 6.27. The van der Waals surface area contributed by atoms with Gasteiger partial charge in [-0.05, 0) is 62.2 Å². The summed E-state index contributed by atoms with van der Waals surface area (Å²) in [4.78, 5) is 2.49. The first kappa shape index (κ1) is 14.1. The Morgan fingerprint density at radius 1 is 1.10 bits per heavy atom. The molecule has 0 N–H and O–H groups in total. The van der Waals surface area contributed by atoms with Crippen molar-refractivity contribution in [2.75, 3.05) is 19.6 Å². The van der Waals surface area contributed by atoms with Crippen molar-refractivity contribution >= 4 is 10.8 Å². The lowest BCUT2D eigenvalue weighted by molar-refractivity contribution is 0.310. The third-order valence-electron chi connectivity index (χ3n) is 4.76. The molecular formula is C19H22N2. The Bertz CT molecular complexity index is 659. The quantitative estimate of drug-likeness (QED) is 0.841. The Morgan fingerprint density at radius 3 is 2.57 bits per heavy atom. The van der Waals surface area contributed by atoms with Crippen LogP contribution in [-0.2, 0) is 5.41 Å². The molecule has 21 heavy (non-hydrogen) atoms. The van der Waals surface area contributed by atoms with Crippen molar-refractivity contribution in [1.82, 2.24) is 4.90 Å². The summed E-state index contributed by atoms with van der Waals surface area (Å²) in [5, 5.41) is 12.2. The summed E-state index contributed by atoms with van der Waals surface area (Å²) in [6.45, 7) is 5.49. The Labute approximate surface area is 127 Å². The minimum atomic E-state index is -0.413. The molecule has 1 aliphatic rings. The van der Waals surface area contributed by atoms with Gasteiger partial charge in [-0.2, -0.15) is 5.26 Å². The summed E-state index contributed by atoms with van der Waals surface area (Å²) in [5.74, 6) is 0. The first-order valence-electron chi connectivity index (χ1n) is 7.85. The predicted molar refractivity (Wildman–Crippen MR) is 87.2 cm³/mol. The molecule has 1 saturated heterocycles. The van der Waals surface area contributed by atoms with Gasteiger partial charge in [-0.1, -0.05) is 42.5 Å². The summed E-state index contributed by atoms with van der Waals surface area (Å²) in [6.07, 6.45) is 3.51. The minimum absolute atomic E-state index is 0.413. The highest BCUT2D eigenvalue weighted by Gasteiger charge is 2.29. The summed E-state index contributed by atoms with van der Waals surface area (Å²) in [5.41, 5.74) is 0.756. The first-order valence-corrected chi connectivity index (χ1v) is 7.85. The van der Waals surface area contributed by atoms with E-state index in [2.05, 4.69) is 60.4 Å². The van der Waals surface area contributed by atoms with Gasteiger partial charge in [0.15, 0.2) is 0 Å². The largest absolute Gasteiger partial charge is 0.303 e. The van der Waals surface area contributed by atoms with E-state index in [9.17, 15) is 5.26 Å². The van der Waals surface area contributed by atoms with Crippen LogP contribution in [0.4, 0.5) is 0 Å². The van der Waals surface area contributed by atoms with Crippen LogP contribution >= 0.6 is 0 Å². The molecule has 2 aromatic carbocycles. The van der Waals surface area contributed by atoms with E-state index < -0.39 is 5.41 Å². The molecule has 0 aliphatic carbocycles. The van der Waals surface area contributed by atoms with Crippen LogP contribution in [0.25, 0.3) is 10.8 Å². The fourth-order valence-corrected chi connectivity index (χ4v) is 3.35. The molecule has 1 atom stereocenters. The average Bonchev–Trinajstić information content (AvgIpc) is 3.05. The van der Waals surface area contributed by atoms with E-state index >= 15 is 0 Å². The van der Waals surface area contributed by atoms with Crippen molar-refractivity contribution in [3.63, 3.8) is 0 Å². The third kappa shape index (κ3) is 2.80. The van der Waals surface area contributed by atoms with Gasteiger partial charge >= 0.3 is 0 Å². The van der Waals surface area contributed by atoms with E-state index in [1.807, 2.05) is 0 Å². The van der Waals surface area contributed by atoms with Gasteiger partial charge in [0.2, 0.25) is 0 Å². The second kappa shape index (κ2) is 5.87. The summed E-state index contributed by atoms with van der Waals surface area (Å²) in [6, 6.07) is 17.3. The molecule has 0 unspecified atom stereocenters. The Balaban J connectivity index is 1.91. The van der Waals surface area contributed by atoms with Crippen LogP contribution in [0.15, 0.2) is 42.5 Å². The van der Waals surface area contributed by atoms with Crippen LogP contribution in [0.5, 0.6) is 0 Å². The van der Waals surface area contributed by atoms with Gasteiger partial charge < -0.3 is 4.90 Å². The molecule has 0 saturated carbocycles. The van der Waals surface area contributed by atoms with Crippen molar-refractivity contribution in [2.45, 2.75) is 31.6 Å². The van der Waals surface area contributed by atoms with Gasteiger partial charge in [0.25, 0.3) is 0 Å². The maximum atomic E-state index is 9.80. The molecule has 2 aromatic rings. The molecular weight excluding hydrogens is 256 g/mol. The number of nitriles is 1. The molecule has 0 bridgehead atoms. The molecule has 1 fully saturated rings. The lowest BCUT2D eigenvalue weighted by atomic mass is 9.78. The van der Waals surface area contributed by atoms with Gasteiger partial charge in [-0.25, -0.2) is 0 Å². The Morgan fingerprint density at radius 2 is 1.81 bits per heavy atom. The fourth-order valence-electron chi connectivity index (χ4n) is 3.35. The molecule has 2 heteroatoms. The van der Waals surface area contributed by atoms with Gasteiger partial charge in [-0.3, -0.25) is 0 Å². The van der Waals surface area contributed by atoms with E-state index in [4.69, 9.17) is 0 Å². The predicted octanol–water partition coefficient (Wildman–Crippen LogP) is 4.11. The van der Waals surface area contributed by atoms with Gasteiger partial charge in [0, 0.05) is 0 Å². The van der Waals surface area contributed by atoms with Crippen LogP contribution in [0.2, 0.25) is 0 Å². The van der Waals surface area contributed by atoms with Gasteiger partial charge in [0.05, 0.1) is 11.5 Å². The Kier molecular flexibility index (Phi) is 3.94.